The Hall–Kier alpha value is -3.78. The highest BCUT2D eigenvalue weighted by Gasteiger charge is 2.82. The van der Waals surface area contributed by atoms with Gasteiger partial charge in [0.05, 0.1) is 11.1 Å². The largest absolute Gasteiger partial charge is 0.454 e. The molecule has 9 heteroatoms. The lowest BCUT2D eigenvalue weighted by atomic mass is 9.46. The number of aromatic nitrogens is 1. The van der Waals surface area contributed by atoms with Crippen molar-refractivity contribution >= 4 is 40.9 Å². The van der Waals surface area contributed by atoms with E-state index in [1.165, 1.54) is 6.07 Å². The number of esters is 1. The standard InChI is InChI=1S/C36H30Cl2FN3O3/c1-34(2)18-35(19-34)36(23-16-17-25(38)40-31(23)41-33(36)44)26(22-14-9-15-24(37)27(22)39)29-32(43)45-30(21-12-7-4-8-13-21)28(42(29)35)20-10-5-3-6-11-20/h3-17,26,28-30H,18-19H2,1-2H3,(H,40,41,44)/t26-,28+,29+,30-,36?/m0/s1. The van der Waals surface area contributed by atoms with Gasteiger partial charge in [0.1, 0.15) is 34.3 Å². The molecule has 1 aliphatic carbocycles. The number of halogens is 3. The van der Waals surface area contributed by atoms with Crippen LogP contribution in [0, 0.1) is 11.2 Å². The molecule has 1 N–H and O–H groups in total. The predicted molar refractivity (Wildman–Crippen MR) is 170 cm³/mol. The first-order chi connectivity index (χ1) is 21.6. The van der Waals surface area contributed by atoms with Crippen molar-refractivity contribution in [3.8, 4) is 0 Å². The second kappa shape index (κ2) is 9.86. The smallest absolute Gasteiger partial charge is 0.324 e. The monoisotopic (exact) mass is 641 g/mol. The van der Waals surface area contributed by atoms with E-state index in [9.17, 15) is 9.59 Å². The number of anilines is 1. The molecule has 6 nitrogen and oxygen atoms in total. The topological polar surface area (TPSA) is 71.5 Å². The molecule has 1 amide bonds. The average Bonchev–Trinajstić information content (AvgIpc) is 3.44. The molecule has 0 bridgehead atoms. The van der Waals surface area contributed by atoms with E-state index >= 15 is 4.39 Å². The summed E-state index contributed by atoms with van der Waals surface area (Å²) in [5.74, 6) is -2.15. The molecule has 2 saturated heterocycles. The van der Waals surface area contributed by atoms with E-state index in [-0.39, 0.29) is 27.1 Å². The van der Waals surface area contributed by atoms with E-state index in [2.05, 4.69) is 29.0 Å². The van der Waals surface area contributed by atoms with Gasteiger partial charge in [0.25, 0.3) is 0 Å². The van der Waals surface area contributed by atoms with Gasteiger partial charge in [0.2, 0.25) is 5.91 Å². The average molecular weight is 643 g/mol. The number of carbonyl (C=O) groups is 2. The molecule has 4 aromatic rings. The minimum absolute atomic E-state index is 0.0807. The number of pyridine rings is 1. The van der Waals surface area contributed by atoms with Crippen LogP contribution in [0.4, 0.5) is 10.2 Å². The molecule has 1 saturated carbocycles. The van der Waals surface area contributed by atoms with E-state index in [0.717, 1.165) is 11.1 Å². The lowest BCUT2D eigenvalue weighted by Gasteiger charge is -2.64. The number of ether oxygens (including phenoxy) is 1. The van der Waals surface area contributed by atoms with Gasteiger partial charge in [0, 0.05) is 17.0 Å². The van der Waals surface area contributed by atoms with Crippen molar-refractivity contribution in [2.75, 3.05) is 5.32 Å². The fourth-order valence-corrected chi connectivity index (χ4v) is 9.56. The number of morpholine rings is 1. The second-order valence-electron chi connectivity index (χ2n) is 13.4. The maximum Gasteiger partial charge on any atom is 0.324 e. The van der Waals surface area contributed by atoms with Gasteiger partial charge in [-0.05, 0) is 47.1 Å². The molecular formula is C36H30Cl2FN3O3. The van der Waals surface area contributed by atoms with Crippen molar-refractivity contribution in [1.82, 2.24) is 9.88 Å². The van der Waals surface area contributed by atoms with Gasteiger partial charge in [0.15, 0.2) is 0 Å². The van der Waals surface area contributed by atoms with Crippen LogP contribution in [0.1, 0.15) is 67.0 Å². The highest BCUT2D eigenvalue weighted by atomic mass is 35.5. The van der Waals surface area contributed by atoms with Crippen LogP contribution in [0.15, 0.2) is 91.0 Å². The summed E-state index contributed by atoms with van der Waals surface area (Å²) in [5, 5.41) is 3.15. The normalized spacial score (nSPS) is 29.2. The Bertz CT molecular complexity index is 1860. The van der Waals surface area contributed by atoms with Crippen molar-refractivity contribution in [3.63, 3.8) is 0 Å². The van der Waals surface area contributed by atoms with Crippen molar-refractivity contribution in [1.29, 1.82) is 0 Å². The lowest BCUT2D eigenvalue weighted by molar-refractivity contribution is -0.195. The van der Waals surface area contributed by atoms with E-state index in [1.807, 2.05) is 60.7 Å². The summed E-state index contributed by atoms with van der Waals surface area (Å²) in [6.45, 7) is 4.33. The number of cyclic esters (lactones) is 1. The van der Waals surface area contributed by atoms with Crippen LogP contribution >= 0.6 is 23.2 Å². The SMILES string of the molecule is CC1(C)CC2(C1)N1[C@H](c3ccccc3)[C@H](c3ccccc3)OC(=O)[C@H]1[C@H](c1cccc(Cl)c1F)C21C(=O)Nc2nc(Cl)ccc21. The van der Waals surface area contributed by atoms with Crippen LogP contribution in [-0.4, -0.2) is 33.3 Å². The summed E-state index contributed by atoms with van der Waals surface area (Å²) in [7, 11) is 0. The van der Waals surface area contributed by atoms with Gasteiger partial charge in [-0.3, -0.25) is 14.5 Å². The van der Waals surface area contributed by atoms with Gasteiger partial charge < -0.3 is 10.1 Å². The molecule has 2 spiro atoms. The third kappa shape index (κ3) is 3.81. The summed E-state index contributed by atoms with van der Waals surface area (Å²) in [6.07, 6.45) is 0.469. The Kier molecular flexibility index (Phi) is 6.28. The first-order valence-corrected chi connectivity index (χ1v) is 15.9. The number of carbonyl (C=O) groups excluding carboxylic acids is 2. The number of nitrogens with zero attached hydrogens (tertiary/aromatic N) is 2. The van der Waals surface area contributed by atoms with E-state index < -0.39 is 46.8 Å². The molecule has 1 aromatic heterocycles. The molecule has 228 valence electrons. The third-order valence-electron chi connectivity index (χ3n) is 10.4. The molecule has 3 aromatic carbocycles. The molecule has 3 fully saturated rings. The summed E-state index contributed by atoms with van der Waals surface area (Å²) in [4.78, 5) is 36.2. The second-order valence-corrected chi connectivity index (χ2v) is 14.2. The van der Waals surface area contributed by atoms with Crippen LogP contribution in [0.5, 0.6) is 0 Å². The Morgan fingerprint density at radius 1 is 0.867 bits per heavy atom. The highest BCUT2D eigenvalue weighted by molar-refractivity contribution is 6.31. The summed E-state index contributed by atoms with van der Waals surface area (Å²) in [6, 6.07) is 26.3. The number of nitrogens with one attached hydrogen (secondary N) is 1. The Morgan fingerprint density at radius 3 is 2.20 bits per heavy atom. The van der Waals surface area contributed by atoms with Gasteiger partial charge in [-0.15, -0.1) is 0 Å². The van der Waals surface area contributed by atoms with Crippen LogP contribution < -0.4 is 5.32 Å². The van der Waals surface area contributed by atoms with E-state index in [1.54, 1.807) is 24.3 Å². The van der Waals surface area contributed by atoms with Crippen LogP contribution in [0.25, 0.3) is 0 Å². The Morgan fingerprint density at radius 2 is 1.53 bits per heavy atom. The molecule has 1 unspecified atom stereocenters. The lowest BCUT2D eigenvalue weighted by Crippen LogP contribution is -2.70. The maximum atomic E-state index is 16.4. The molecule has 8 rings (SSSR count). The zero-order valence-electron chi connectivity index (χ0n) is 24.6. The number of fused-ring (bicyclic) bond motifs is 5. The molecule has 4 heterocycles. The first kappa shape index (κ1) is 28.7. The van der Waals surface area contributed by atoms with Crippen LogP contribution in [0.3, 0.4) is 0 Å². The van der Waals surface area contributed by atoms with Crippen LogP contribution in [0.2, 0.25) is 10.2 Å². The highest BCUT2D eigenvalue weighted by Crippen LogP contribution is 2.74. The molecule has 4 aliphatic rings. The summed E-state index contributed by atoms with van der Waals surface area (Å²) >= 11 is 12.8. The molecular weight excluding hydrogens is 612 g/mol. The first-order valence-electron chi connectivity index (χ1n) is 15.1. The Labute approximate surface area is 270 Å². The fourth-order valence-electron chi connectivity index (χ4n) is 9.23. The van der Waals surface area contributed by atoms with Crippen molar-refractivity contribution < 1.29 is 18.7 Å². The van der Waals surface area contributed by atoms with Gasteiger partial charge >= 0.3 is 5.97 Å². The van der Waals surface area contributed by atoms with E-state index in [4.69, 9.17) is 27.9 Å². The Balaban J connectivity index is 1.48. The number of amides is 1. The number of hydrogen-bond acceptors (Lipinski definition) is 5. The zero-order valence-corrected chi connectivity index (χ0v) is 26.1. The molecule has 3 aliphatic heterocycles. The minimum atomic E-state index is -1.41. The molecule has 5 atom stereocenters. The van der Waals surface area contributed by atoms with Crippen LogP contribution in [-0.2, 0) is 19.7 Å². The van der Waals surface area contributed by atoms with Gasteiger partial charge in [-0.2, -0.15) is 0 Å². The van der Waals surface area contributed by atoms with Crippen molar-refractivity contribution in [2.45, 2.75) is 61.7 Å². The molecule has 45 heavy (non-hydrogen) atoms. The number of benzene rings is 3. The van der Waals surface area contributed by atoms with Gasteiger partial charge in [-0.25, -0.2) is 9.37 Å². The third-order valence-corrected chi connectivity index (χ3v) is 10.9. The number of hydrogen-bond donors (Lipinski definition) is 1. The summed E-state index contributed by atoms with van der Waals surface area (Å²) in [5.41, 5.74) is 0.0570. The predicted octanol–water partition coefficient (Wildman–Crippen LogP) is 7.78. The fraction of sp³-hybridized carbons (Fsp3) is 0.306. The van der Waals surface area contributed by atoms with E-state index in [0.29, 0.717) is 24.2 Å². The van der Waals surface area contributed by atoms with Crippen molar-refractivity contribution in [3.05, 3.63) is 129 Å². The maximum absolute atomic E-state index is 16.4. The summed E-state index contributed by atoms with van der Waals surface area (Å²) < 4.78 is 22.8. The molecule has 0 radical (unpaired) electrons. The van der Waals surface area contributed by atoms with Gasteiger partial charge in [-0.1, -0.05) is 116 Å². The zero-order chi connectivity index (χ0) is 31.3. The number of rotatable bonds is 3. The quantitative estimate of drug-likeness (QED) is 0.183. The minimum Gasteiger partial charge on any atom is -0.454 e. The van der Waals surface area contributed by atoms with Crippen molar-refractivity contribution in [2.24, 2.45) is 5.41 Å².